The van der Waals surface area contributed by atoms with Gasteiger partial charge >= 0.3 is 0 Å². The van der Waals surface area contributed by atoms with Crippen molar-refractivity contribution >= 4 is 23.6 Å². The average Bonchev–Trinajstić information content (AvgIpc) is 3.24. The van der Waals surface area contributed by atoms with Crippen LogP contribution in [0.15, 0.2) is 41.7 Å². The summed E-state index contributed by atoms with van der Waals surface area (Å²) >= 11 is 1.17. The molecule has 1 N–H and O–H groups in total. The van der Waals surface area contributed by atoms with Gasteiger partial charge in [-0.2, -0.15) is 4.68 Å². The minimum absolute atomic E-state index is 0.0292. The van der Waals surface area contributed by atoms with Gasteiger partial charge in [0.2, 0.25) is 11.1 Å². The Balaban J connectivity index is 1.67. The molecule has 2 aromatic heterocycles. The molecule has 3 rings (SSSR count). The number of amides is 2. The van der Waals surface area contributed by atoms with Crippen LogP contribution in [0.2, 0.25) is 0 Å². The van der Waals surface area contributed by atoms with E-state index >= 15 is 0 Å². The van der Waals surface area contributed by atoms with E-state index in [4.69, 9.17) is 0 Å². The molecule has 0 spiro atoms. The second-order valence-electron chi connectivity index (χ2n) is 5.76. The highest BCUT2D eigenvalue weighted by Crippen LogP contribution is 2.22. The number of aryl methyl sites for hydroxylation is 2. The van der Waals surface area contributed by atoms with Gasteiger partial charge in [0.05, 0.1) is 11.4 Å². The first kappa shape index (κ1) is 17.9. The molecule has 0 aliphatic heterocycles. The number of nitrogens with zero attached hydrogens (tertiary/aromatic N) is 5. The minimum atomic E-state index is -0.433. The van der Waals surface area contributed by atoms with Gasteiger partial charge in [0.15, 0.2) is 0 Å². The molecule has 2 amide bonds. The van der Waals surface area contributed by atoms with Crippen LogP contribution < -0.4 is 5.32 Å². The number of tetrazole rings is 1. The van der Waals surface area contributed by atoms with Gasteiger partial charge in [-0.3, -0.25) is 14.9 Å². The van der Waals surface area contributed by atoms with Gasteiger partial charge in [-0.1, -0.05) is 23.9 Å². The third kappa shape index (κ3) is 3.67. The van der Waals surface area contributed by atoms with Gasteiger partial charge in [0.1, 0.15) is 5.69 Å². The summed E-state index contributed by atoms with van der Waals surface area (Å²) in [5.41, 5.74) is 3.46. The Morgan fingerprint density at radius 1 is 1.19 bits per heavy atom. The summed E-state index contributed by atoms with van der Waals surface area (Å²) < 4.78 is 3.25. The molecule has 0 bridgehead atoms. The quantitative estimate of drug-likeness (QED) is 0.687. The van der Waals surface area contributed by atoms with Crippen LogP contribution in [0.1, 0.15) is 21.6 Å². The van der Waals surface area contributed by atoms with Gasteiger partial charge < -0.3 is 4.57 Å². The molecule has 0 radical (unpaired) electrons. The van der Waals surface area contributed by atoms with Crippen molar-refractivity contribution in [1.29, 1.82) is 0 Å². The molecule has 0 unspecified atom stereocenters. The van der Waals surface area contributed by atoms with Crippen molar-refractivity contribution in [3.8, 4) is 5.69 Å². The van der Waals surface area contributed by atoms with E-state index in [0.717, 1.165) is 16.8 Å². The standard InChI is InChI=1S/C17H18N6O2S/c1-11-6-4-7-13(12(11)2)23-17(19-20-21-23)26-10-15(24)18-16(25)14-8-5-9-22(14)3/h4-9H,10H2,1-3H3,(H,18,24,25). The highest BCUT2D eigenvalue weighted by Gasteiger charge is 2.16. The fourth-order valence-corrected chi connectivity index (χ4v) is 3.12. The molecule has 0 saturated heterocycles. The summed E-state index contributed by atoms with van der Waals surface area (Å²) in [6.45, 7) is 4.00. The number of hydrogen-bond acceptors (Lipinski definition) is 6. The molecule has 0 aliphatic rings. The first-order chi connectivity index (χ1) is 12.5. The second kappa shape index (κ2) is 7.52. The topological polar surface area (TPSA) is 94.7 Å². The SMILES string of the molecule is Cc1cccc(-n2nnnc2SCC(=O)NC(=O)c2cccn2C)c1C. The molecule has 0 atom stereocenters. The summed E-state index contributed by atoms with van der Waals surface area (Å²) in [6.07, 6.45) is 1.74. The average molecular weight is 370 g/mol. The number of benzene rings is 1. The Labute approximate surface area is 154 Å². The van der Waals surface area contributed by atoms with Crippen LogP contribution in [0.3, 0.4) is 0 Å². The Bertz CT molecular complexity index is 962. The van der Waals surface area contributed by atoms with Crippen molar-refractivity contribution in [2.24, 2.45) is 7.05 Å². The van der Waals surface area contributed by atoms with Crippen molar-refractivity contribution in [1.82, 2.24) is 30.1 Å². The number of carbonyl (C=O) groups excluding carboxylic acids is 2. The van der Waals surface area contributed by atoms with Crippen LogP contribution in [-0.4, -0.2) is 42.3 Å². The molecule has 3 aromatic rings. The fraction of sp³-hybridized carbons (Fsp3) is 0.235. The molecular weight excluding hydrogens is 352 g/mol. The highest BCUT2D eigenvalue weighted by molar-refractivity contribution is 7.99. The maximum Gasteiger partial charge on any atom is 0.274 e. The summed E-state index contributed by atoms with van der Waals surface area (Å²) in [4.78, 5) is 24.1. The van der Waals surface area contributed by atoms with E-state index < -0.39 is 11.8 Å². The van der Waals surface area contributed by atoms with E-state index in [2.05, 4.69) is 20.8 Å². The van der Waals surface area contributed by atoms with Crippen molar-refractivity contribution in [2.75, 3.05) is 5.75 Å². The minimum Gasteiger partial charge on any atom is -0.347 e. The zero-order valence-corrected chi connectivity index (χ0v) is 15.4. The maximum atomic E-state index is 12.1. The smallest absolute Gasteiger partial charge is 0.274 e. The molecule has 0 saturated carbocycles. The van der Waals surface area contributed by atoms with Crippen LogP contribution in [0.25, 0.3) is 5.69 Å². The Kier molecular flexibility index (Phi) is 5.17. The number of carbonyl (C=O) groups is 2. The molecule has 0 fully saturated rings. The number of thioether (sulfide) groups is 1. The molecule has 9 heteroatoms. The van der Waals surface area contributed by atoms with E-state index in [1.807, 2.05) is 32.0 Å². The van der Waals surface area contributed by atoms with Gasteiger partial charge in [-0.05, 0) is 53.6 Å². The Morgan fingerprint density at radius 3 is 2.73 bits per heavy atom. The number of imide groups is 1. The summed E-state index contributed by atoms with van der Waals surface area (Å²) in [7, 11) is 1.74. The highest BCUT2D eigenvalue weighted by atomic mass is 32.2. The molecule has 1 aromatic carbocycles. The zero-order chi connectivity index (χ0) is 18.7. The normalized spacial score (nSPS) is 10.7. The summed E-state index contributed by atoms with van der Waals surface area (Å²) in [6, 6.07) is 9.25. The molecule has 134 valence electrons. The molecule has 8 nitrogen and oxygen atoms in total. The van der Waals surface area contributed by atoms with Gasteiger partial charge in [-0.15, -0.1) is 5.10 Å². The van der Waals surface area contributed by atoms with E-state index in [1.165, 1.54) is 11.8 Å². The predicted octanol–water partition coefficient (Wildman–Crippen LogP) is 1.67. The third-order valence-electron chi connectivity index (χ3n) is 4.01. The van der Waals surface area contributed by atoms with E-state index in [1.54, 1.807) is 34.6 Å². The van der Waals surface area contributed by atoms with E-state index in [9.17, 15) is 9.59 Å². The van der Waals surface area contributed by atoms with E-state index in [0.29, 0.717) is 10.9 Å². The third-order valence-corrected chi connectivity index (χ3v) is 4.93. The maximum absolute atomic E-state index is 12.1. The van der Waals surface area contributed by atoms with Crippen molar-refractivity contribution in [2.45, 2.75) is 19.0 Å². The van der Waals surface area contributed by atoms with E-state index in [-0.39, 0.29) is 5.75 Å². The second-order valence-corrected chi connectivity index (χ2v) is 6.71. The lowest BCUT2D eigenvalue weighted by Gasteiger charge is -2.09. The van der Waals surface area contributed by atoms with Crippen LogP contribution in [0.4, 0.5) is 0 Å². The lowest BCUT2D eigenvalue weighted by molar-refractivity contribution is -0.117. The molecule has 26 heavy (non-hydrogen) atoms. The number of nitrogens with one attached hydrogen (secondary N) is 1. The number of aromatic nitrogens is 5. The monoisotopic (exact) mass is 370 g/mol. The van der Waals surface area contributed by atoms with Crippen molar-refractivity contribution in [3.63, 3.8) is 0 Å². The van der Waals surface area contributed by atoms with Gasteiger partial charge in [-0.25, -0.2) is 0 Å². The Hall–Kier alpha value is -2.94. The van der Waals surface area contributed by atoms with Crippen molar-refractivity contribution < 1.29 is 9.59 Å². The number of rotatable bonds is 5. The molecule has 0 aliphatic carbocycles. The summed E-state index contributed by atoms with van der Waals surface area (Å²) in [5.74, 6) is -0.810. The van der Waals surface area contributed by atoms with Crippen LogP contribution in [-0.2, 0) is 11.8 Å². The van der Waals surface area contributed by atoms with Gasteiger partial charge in [0, 0.05) is 13.2 Å². The first-order valence-corrected chi connectivity index (χ1v) is 8.89. The lowest BCUT2D eigenvalue weighted by atomic mass is 10.1. The predicted molar refractivity (Wildman–Crippen MR) is 97.2 cm³/mol. The van der Waals surface area contributed by atoms with Crippen LogP contribution in [0, 0.1) is 13.8 Å². The van der Waals surface area contributed by atoms with Crippen LogP contribution in [0.5, 0.6) is 0 Å². The lowest BCUT2D eigenvalue weighted by Crippen LogP contribution is -2.33. The largest absolute Gasteiger partial charge is 0.347 e. The molecule has 2 heterocycles. The zero-order valence-electron chi connectivity index (χ0n) is 14.6. The number of hydrogen-bond donors (Lipinski definition) is 1. The van der Waals surface area contributed by atoms with Crippen molar-refractivity contribution in [3.05, 3.63) is 53.3 Å². The Morgan fingerprint density at radius 2 is 2.00 bits per heavy atom. The first-order valence-electron chi connectivity index (χ1n) is 7.90. The molecular formula is C17H18N6O2S. The van der Waals surface area contributed by atoms with Crippen LogP contribution >= 0.6 is 11.8 Å². The summed E-state index contributed by atoms with van der Waals surface area (Å²) in [5, 5.41) is 14.5. The fourth-order valence-electron chi connectivity index (χ4n) is 2.44. The van der Waals surface area contributed by atoms with Gasteiger partial charge in [0.25, 0.3) is 5.91 Å².